The molecule has 1 unspecified atom stereocenters. The van der Waals surface area contributed by atoms with E-state index in [1.54, 1.807) is 16.0 Å². The van der Waals surface area contributed by atoms with Gasteiger partial charge in [-0.2, -0.15) is 0 Å². The highest BCUT2D eigenvalue weighted by Crippen LogP contribution is 2.42. The summed E-state index contributed by atoms with van der Waals surface area (Å²) >= 11 is 6.51. The number of unbranched alkanes of at least 4 members (excludes halogenated alkanes) is 3. The maximum Gasteiger partial charge on any atom is 0.325 e. The summed E-state index contributed by atoms with van der Waals surface area (Å²) in [4.78, 5) is 39.0. The Bertz CT molecular complexity index is 1520. The molecule has 4 aromatic rings. The molecule has 2 N–H and O–H groups in total. The monoisotopic (exact) mass is 597 g/mol. The smallest absolute Gasteiger partial charge is 0.325 e. The molecule has 1 aliphatic rings. The Kier molecular flexibility index (Phi) is 10.2. The van der Waals surface area contributed by atoms with Crippen LogP contribution in [-0.2, 0) is 17.6 Å². The number of amides is 3. The maximum atomic E-state index is 14.2. The minimum atomic E-state index is -0.444. The molecule has 1 aliphatic heterocycles. The average Bonchev–Trinajstić information content (AvgIpc) is 3.52. The zero-order valence-electron chi connectivity index (χ0n) is 25.0. The Morgan fingerprint density at radius 2 is 1.81 bits per heavy atom. The summed E-state index contributed by atoms with van der Waals surface area (Å²) < 4.78 is 0. The Hall–Kier alpha value is -4.10. The predicted octanol–water partition coefficient (Wildman–Crippen LogP) is 8.16. The van der Waals surface area contributed by atoms with E-state index in [1.165, 1.54) is 0 Å². The van der Waals surface area contributed by atoms with Crippen molar-refractivity contribution in [3.8, 4) is 0 Å². The number of carbonyl (C=O) groups excluding carboxylic acids is 2. The first-order valence-corrected chi connectivity index (χ1v) is 15.7. The van der Waals surface area contributed by atoms with Crippen LogP contribution in [0.25, 0.3) is 0 Å². The van der Waals surface area contributed by atoms with Crippen molar-refractivity contribution < 1.29 is 9.59 Å². The van der Waals surface area contributed by atoms with E-state index in [-0.39, 0.29) is 18.5 Å². The number of rotatable bonds is 13. The first-order chi connectivity index (χ1) is 21.0. The lowest BCUT2D eigenvalue weighted by atomic mass is 9.93. The lowest BCUT2D eigenvalue weighted by Gasteiger charge is -2.43. The van der Waals surface area contributed by atoms with Crippen LogP contribution >= 0.6 is 11.6 Å². The molecule has 1 atom stereocenters. The Labute approximate surface area is 259 Å². The second-order valence-electron chi connectivity index (χ2n) is 11.1. The second-order valence-corrected chi connectivity index (χ2v) is 11.6. The van der Waals surface area contributed by atoms with Gasteiger partial charge in [0.25, 0.3) is 0 Å². The normalized spacial score (nSPS) is 14.6. The number of hydrogen-bond acceptors (Lipinski definition) is 3. The number of H-pyrrole nitrogens is 1. The Balaban J connectivity index is 1.46. The van der Waals surface area contributed by atoms with Gasteiger partial charge in [0.15, 0.2) is 0 Å². The molecule has 0 fully saturated rings. The molecule has 7 nitrogen and oxygen atoms in total. The number of urea groups is 1. The topological polar surface area (TPSA) is 81.3 Å². The number of anilines is 2. The van der Waals surface area contributed by atoms with Crippen LogP contribution in [0, 0.1) is 0 Å². The van der Waals surface area contributed by atoms with Crippen LogP contribution in [0.3, 0.4) is 0 Å². The third kappa shape index (κ3) is 7.28. The van der Waals surface area contributed by atoms with E-state index in [1.807, 2.05) is 60.8 Å². The van der Waals surface area contributed by atoms with Gasteiger partial charge in [0, 0.05) is 41.6 Å². The van der Waals surface area contributed by atoms with E-state index in [4.69, 9.17) is 11.6 Å². The molecule has 0 saturated carbocycles. The van der Waals surface area contributed by atoms with Crippen molar-refractivity contribution in [2.24, 2.45) is 0 Å². The molecule has 5 rings (SSSR count). The average molecular weight is 598 g/mol. The number of aromatic nitrogens is 2. The lowest BCUT2D eigenvalue weighted by Crippen LogP contribution is -2.52. The number of nitrogens with zero attached hydrogens (tertiary/aromatic N) is 3. The van der Waals surface area contributed by atoms with Gasteiger partial charge >= 0.3 is 6.03 Å². The highest BCUT2D eigenvalue weighted by molar-refractivity contribution is 6.30. The summed E-state index contributed by atoms with van der Waals surface area (Å²) in [6.07, 6.45) is 10.1. The highest BCUT2D eigenvalue weighted by atomic mass is 35.5. The number of carbonyl (C=O) groups is 2. The molecule has 3 aromatic carbocycles. The summed E-state index contributed by atoms with van der Waals surface area (Å²) in [5, 5.41) is 3.78. The molecule has 2 heterocycles. The van der Waals surface area contributed by atoms with Crippen molar-refractivity contribution in [2.45, 2.75) is 64.8 Å². The van der Waals surface area contributed by atoms with Crippen LogP contribution in [-0.4, -0.2) is 39.9 Å². The largest absolute Gasteiger partial charge is 0.348 e. The zero-order valence-corrected chi connectivity index (χ0v) is 25.7. The van der Waals surface area contributed by atoms with Crippen LogP contribution in [0.4, 0.5) is 16.2 Å². The van der Waals surface area contributed by atoms with Crippen LogP contribution < -0.4 is 10.2 Å². The van der Waals surface area contributed by atoms with Gasteiger partial charge in [-0.1, -0.05) is 87.2 Å². The van der Waals surface area contributed by atoms with E-state index in [0.717, 1.165) is 78.0 Å². The van der Waals surface area contributed by atoms with E-state index in [9.17, 15) is 9.59 Å². The molecular formula is C35H40ClN5O2. The van der Waals surface area contributed by atoms with E-state index in [2.05, 4.69) is 41.3 Å². The van der Waals surface area contributed by atoms with E-state index >= 15 is 0 Å². The van der Waals surface area contributed by atoms with Crippen molar-refractivity contribution in [3.05, 3.63) is 112 Å². The minimum Gasteiger partial charge on any atom is -0.348 e. The number of benzene rings is 3. The van der Waals surface area contributed by atoms with Gasteiger partial charge in [0.1, 0.15) is 12.4 Å². The Morgan fingerprint density at radius 1 is 1.00 bits per heavy atom. The summed E-state index contributed by atoms with van der Waals surface area (Å²) in [6.45, 7) is 4.76. The number of halogens is 1. The van der Waals surface area contributed by atoms with Gasteiger partial charge in [0.05, 0.1) is 11.7 Å². The molecule has 224 valence electrons. The molecule has 0 aliphatic carbocycles. The van der Waals surface area contributed by atoms with Gasteiger partial charge < -0.3 is 15.2 Å². The minimum absolute atomic E-state index is 0.0935. The summed E-state index contributed by atoms with van der Waals surface area (Å²) in [5.74, 6) is 0.632. The number of nitrogens with one attached hydrogen (secondary N) is 2. The molecule has 0 spiro atoms. The molecule has 0 radical (unpaired) electrons. The SMILES string of the molecule is CCCCCc1ccc(Cc2ncc[nH]2)cc1NC(=O)CN1C(=O)N(CCCC)c2ccc(Cl)cc2C1c1ccccc1. The second kappa shape index (κ2) is 14.4. The van der Waals surface area contributed by atoms with Crippen molar-refractivity contribution in [1.82, 2.24) is 14.9 Å². The molecular weight excluding hydrogens is 558 g/mol. The fraction of sp³-hybridized carbons (Fsp3) is 0.343. The first kappa shape index (κ1) is 30.4. The lowest BCUT2D eigenvalue weighted by molar-refractivity contribution is -0.117. The van der Waals surface area contributed by atoms with Gasteiger partial charge in [-0.05, 0) is 60.2 Å². The molecule has 0 bridgehead atoms. The number of aromatic amines is 1. The maximum absolute atomic E-state index is 14.2. The molecule has 0 saturated heterocycles. The predicted molar refractivity (Wildman–Crippen MR) is 174 cm³/mol. The van der Waals surface area contributed by atoms with Crippen molar-refractivity contribution in [2.75, 3.05) is 23.3 Å². The third-order valence-electron chi connectivity index (χ3n) is 7.95. The third-order valence-corrected chi connectivity index (χ3v) is 8.19. The molecule has 1 aromatic heterocycles. The van der Waals surface area contributed by atoms with Crippen LogP contribution in [0.1, 0.15) is 80.1 Å². The molecule has 8 heteroatoms. The van der Waals surface area contributed by atoms with Gasteiger partial charge in [0.2, 0.25) is 5.91 Å². The van der Waals surface area contributed by atoms with E-state index < -0.39 is 6.04 Å². The van der Waals surface area contributed by atoms with Crippen LogP contribution in [0.2, 0.25) is 5.02 Å². The van der Waals surface area contributed by atoms with Crippen molar-refractivity contribution >= 4 is 34.9 Å². The highest BCUT2D eigenvalue weighted by Gasteiger charge is 2.39. The fourth-order valence-electron chi connectivity index (χ4n) is 5.78. The van der Waals surface area contributed by atoms with E-state index in [0.29, 0.717) is 18.0 Å². The summed E-state index contributed by atoms with van der Waals surface area (Å²) in [5.41, 5.74) is 5.63. The zero-order chi connectivity index (χ0) is 30.2. The fourth-order valence-corrected chi connectivity index (χ4v) is 5.96. The van der Waals surface area contributed by atoms with Gasteiger partial charge in [-0.15, -0.1) is 0 Å². The number of fused-ring (bicyclic) bond motifs is 1. The summed E-state index contributed by atoms with van der Waals surface area (Å²) in [6, 6.07) is 21.2. The van der Waals surface area contributed by atoms with Crippen LogP contribution in [0.15, 0.2) is 79.1 Å². The number of imidazole rings is 1. The van der Waals surface area contributed by atoms with Crippen molar-refractivity contribution in [3.63, 3.8) is 0 Å². The standard InChI is InChI=1S/C35H40ClN5O2/c1-3-5-8-11-26-15-14-25(22-32-37-18-19-38-32)21-30(26)39-33(42)24-41-34(27-12-9-7-10-13-27)29-23-28(36)16-17-31(29)40(35(41)43)20-6-4-2/h7,9-10,12-19,21,23,34H,3-6,8,11,20,22,24H2,1-2H3,(H,37,38)(H,39,42). The van der Waals surface area contributed by atoms with Gasteiger partial charge in [-0.25, -0.2) is 9.78 Å². The van der Waals surface area contributed by atoms with Crippen molar-refractivity contribution in [1.29, 1.82) is 0 Å². The molecule has 43 heavy (non-hydrogen) atoms. The summed E-state index contributed by atoms with van der Waals surface area (Å²) in [7, 11) is 0. The van der Waals surface area contributed by atoms with Gasteiger partial charge in [-0.3, -0.25) is 9.69 Å². The Morgan fingerprint density at radius 3 is 2.56 bits per heavy atom. The van der Waals surface area contributed by atoms with Crippen LogP contribution in [0.5, 0.6) is 0 Å². The first-order valence-electron chi connectivity index (χ1n) is 15.3. The number of aryl methyl sites for hydroxylation is 1. The number of hydrogen-bond donors (Lipinski definition) is 2. The molecule has 3 amide bonds. The quantitative estimate of drug-likeness (QED) is 0.153.